The van der Waals surface area contributed by atoms with E-state index in [0.717, 1.165) is 17.9 Å². The van der Waals surface area contributed by atoms with Gasteiger partial charge in [-0.2, -0.15) is 5.10 Å². The van der Waals surface area contributed by atoms with E-state index in [1.165, 1.54) is 10.9 Å². The molecule has 0 radical (unpaired) electrons. The second kappa shape index (κ2) is 8.19. The van der Waals surface area contributed by atoms with Crippen LogP contribution in [0.1, 0.15) is 6.42 Å². The van der Waals surface area contributed by atoms with Crippen LogP contribution in [0.25, 0.3) is 10.9 Å². The maximum Gasteiger partial charge on any atom is 0.233 e. The van der Waals surface area contributed by atoms with Crippen LogP contribution in [0.4, 0.5) is 0 Å². The summed E-state index contributed by atoms with van der Waals surface area (Å²) < 4.78 is 9.89. The molecule has 7 heteroatoms. The van der Waals surface area contributed by atoms with E-state index < -0.39 is 0 Å². The third-order valence-corrected chi connectivity index (χ3v) is 5.89. The van der Waals surface area contributed by atoms with Crippen LogP contribution >= 0.6 is 11.8 Å². The van der Waals surface area contributed by atoms with Crippen molar-refractivity contribution >= 4 is 28.6 Å². The lowest BCUT2D eigenvalue weighted by molar-refractivity contribution is -0.129. The van der Waals surface area contributed by atoms with Gasteiger partial charge in [-0.1, -0.05) is 18.2 Å². The largest absolute Gasteiger partial charge is 0.374 e. The highest BCUT2D eigenvalue weighted by Gasteiger charge is 2.23. The average molecular weight is 385 g/mol. The highest BCUT2D eigenvalue weighted by molar-refractivity contribution is 8.00. The van der Waals surface area contributed by atoms with Crippen LogP contribution in [0, 0.1) is 0 Å². The van der Waals surface area contributed by atoms with Crippen molar-refractivity contribution in [3.05, 3.63) is 48.9 Å². The Balaban J connectivity index is 1.39. The van der Waals surface area contributed by atoms with Gasteiger partial charge in [0, 0.05) is 61.1 Å². The van der Waals surface area contributed by atoms with Crippen molar-refractivity contribution in [1.29, 1.82) is 0 Å². The molecule has 1 atom stereocenters. The number of aryl methyl sites for hydroxylation is 1. The first-order chi connectivity index (χ1) is 13.2. The molecule has 0 spiro atoms. The molecule has 1 aliphatic heterocycles. The van der Waals surface area contributed by atoms with Crippen molar-refractivity contribution < 1.29 is 9.53 Å². The number of aromatic nitrogens is 3. The van der Waals surface area contributed by atoms with Crippen LogP contribution in [-0.4, -0.2) is 56.7 Å². The zero-order chi connectivity index (χ0) is 18.6. The van der Waals surface area contributed by atoms with Gasteiger partial charge in [0.2, 0.25) is 5.91 Å². The molecule has 1 saturated heterocycles. The Hall–Kier alpha value is -2.25. The number of hydrogen-bond acceptors (Lipinski definition) is 4. The fourth-order valence-corrected chi connectivity index (χ4v) is 4.52. The van der Waals surface area contributed by atoms with Gasteiger partial charge in [-0.3, -0.25) is 9.48 Å². The molecule has 142 valence electrons. The first-order valence-electron chi connectivity index (χ1n) is 9.24. The Morgan fingerprint density at radius 3 is 3.07 bits per heavy atom. The molecule has 1 aromatic carbocycles. The second-order valence-electron chi connectivity index (χ2n) is 6.82. The maximum absolute atomic E-state index is 12.8. The zero-order valence-electron chi connectivity index (χ0n) is 15.5. The van der Waals surface area contributed by atoms with Gasteiger partial charge in [-0.25, -0.2) is 0 Å². The molecule has 0 bridgehead atoms. The molecule has 6 nitrogen and oxygen atoms in total. The van der Waals surface area contributed by atoms with Crippen molar-refractivity contribution in [3.63, 3.8) is 0 Å². The van der Waals surface area contributed by atoms with E-state index in [9.17, 15) is 4.79 Å². The monoisotopic (exact) mass is 384 g/mol. The van der Waals surface area contributed by atoms with Crippen molar-refractivity contribution in [3.8, 4) is 0 Å². The summed E-state index contributed by atoms with van der Waals surface area (Å²) in [4.78, 5) is 15.9. The second-order valence-corrected chi connectivity index (χ2v) is 7.84. The van der Waals surface area contributed by atoms with Gasteiger partial charge < -0.3 is 14.2 Å². The van der Waals surface area contributed by atoms with Crippen LogP contribution in [-0.2, 0) is 23.1 Å². The number of carbonyl (C=O) groups excluding carboxylic acids is 1. The number of benzene rings is 1. The highest BCUT2D eigenvalue weighted by Crippen LogP contribution is 2.29. The number of fused-ring (bicyclic) bond motifs is 1. The molecule has 4 rings (SSSR count). The number of rotatable bonds is 5. The van der Waals surface area contributed by atoms with Crippen molar-refractivity contribution in [2.75, 3.05) is 25.4 Å². The lowest BCUT2D eigenvalue weighted by Gasteiger charge is -2.24. The molecule has 3 aromatic rings. The van der Waals surface area contributed by atoms with Crippen molar-refractivity contribution in [2.45, 2.75) is 24.0 Å². The zero-order valence-corrected chi connectivity index (χ0v) is 16.3. The number of nitrogens with zero attached hydrogens (tertiary/aromatic N) is 4. The maximum atomic E-state index is 12.8. The molecule has 0 saturated carbocycles. The number of carbonyl (C=O) groups is 1. The van der Waals surface area contributed by atoms with Crippen LogP contribution < -0.4 is 0 Å². The molecule has 1 fully saturated rings. The molecule has 27 heavy (non-hydrogen) atoms. The lowest BCUT2D eigenvalue weighted by atomic mass is 10.2. The van der Waals surface area contributed by atoms with E-state index in [0.29, 0.717) is 25.4 Å². The first-order valence-corrected chi connectivity index (χ1v) is 10.2. The van der Waals surface area contributed by atoms with E-state index in [1.54, 1.807) is 18.0 Å². The average Bonchev–Trinajstić information content (AvgIpc) is 3.22. The summed E-state index contributed by atoms with van der Waals surface area (Å²) in [6.07, 6.45) is 6.66. The van der Waals surface area contributed by atoms with Crippen molar-refractivity contribution in [1.82, 2.24) is 19.2 Å². The molecule has 0 N–H and O–H groups in total. The standard InChI is InChI=1S/C20H24N4O2S/c1-22-14-19(17-6-2-3-7-18(17)22)27-15-20(25)23-9-5-11-26-16(12-23)13-24-10-4-8-21-24/h2-4,6-8,10,14,16H,5,9,11-13,15H2,1H3. The fraction of sp³-hybridized carbons (Fsp3) is 0.400. The van der Waals surface area contributed by atoms with Crippen LogP contribution in [0.2, 0.25) is 0 Å². The Morgan fingerprint density at radius 2 is 2.22 bits per heavy atom. The molecule has 2 aromatic heterocycles. The van der Waals surface area contributed by atoms with Gasteiger partial charge in [-0.15, -0.1) is 11.8 Å². The van der Waals surface area contributed by atoms with Gasteiger partial charge in [0.05, 0.1) is 18.4 Å². The smallest absolute Gasteiger partial charge is 0.233 e. The first kappa shape index (κ1) is 18.1. The normalized spacial score (nSPS) is 18.0. The SMILES string of the molecule is Cn1cc(SCC(=O)N2CCCOC(Cn3cccn3)C2)c2ccccc21. The summed E-state index contributed by atoms with van der Waals surface area (Å²) in [6.45, 7) is 2.73. The number of para-hydroxylation sites is 1. The van der Waals surface area contributed by atoms with E-state index in [-0.39, 0.29) is 12.0 Å². The Bertz CT molecular complexity index is 906. The van der Waals surface area contributed by atoms with E-state index in [4.69, 9.17) is 4.74 Å². The quantitative estimate of drug-likeness (QED) is 0.635. The van der Waals surface area contributed by atoms with Crippen LogP contribution in [0.3, 0.4) is 0 Å². The third-order valence-electron chi connectivity index (χ3n) is 4.86. The van der Waals surface area contributed by atoms with Gasteiger partial charge >= 0.3 is 0 Å². The summed E-state index contributed by atoms with van der Waals surface area (Å²) in [6, 6.07) is 10.2. The molecular formula is C20H24N4O2S. The van der Waals surface area contributed by atoms with E-state index in [1.807, 2.05) is 41.0 Å². The predicted molar refractivity (Wildman–Crippen MR) is 107 cm³/mol. The molecule has 3 heterocycles. The summed E-state index contributed by atoms with van der Waals surface area (Å²) in [5.41, 5.74) is 1.19. The number of hydrogen-bond donors (Lipinski definition) is 0. The summed E-state index contributed by atoms with van der Waals surface area (Å²) >= 11 is 1.62. The van der Waals surface area contributed by atoms with Crippen molar-refractivity contribution in [2.24, 2.45) is 7.05 Å². The minimum Gasteiger partial charge on any atom is -0.374 e. The molecule has 1 aliphatic rings. The Labute approximate surface area is 163 Å². The summed E-state index contributed by atoms with van der Waals surface area (Å²) in [7, 11) is 2.04. The molecule has 0 aliphatic carbocycles. The number of ether oxygens (including phenoxy) is 1. The highest BCUT2D eigenvalue weighted by atomic mass is 32.2. The summed E-state index contributed by atoms with van der Waals surface area (Å²) in [5, 5.41) is 5.45. The van der Waals surface area contributed by atoms with Crippen LogP contribution in [0.15, 0.2) is 53.8 Å². The van der Waals surface area contributed by atoms with E-state index >= 15 is 0 Å². The number of amides is 1. The minimum atomic E-state index is -0.0149. The predicted octanol–water partition coefficient (Wildman–Crippen LogP) is 2.78. The topological polar surface area (TPSA) is 52.3 Å². The molecule has 1 unspecified atom stereocenters. The van der Waals surface area contributed by atoms with Crippen LogP contribution in [0.5, 0.6) is 0 Å². The summed E-state index contributed by atoms with van der Waals surface area (Å²) in [5.74, 6) is 0.617. The molecular weight excluding hydrogens is 360 g/mol. The fourth-order valence-electron chi connectivity index (χ4n) is 3.50. The van der Waals surface area contributed by atoms with E-state index in [2.05, 4.69) is 28.0 Å². The Morgan fingerprint density at radius 1 is 1.33 bits per heavy atom. The van der Waals surface area contributed by atoms with Gasteiger partial charge in [-0.05, 0) is 18.6 Å². The lowest BCUT2D eigenvalue weighted by Crippen LogP contribution is -2.39. The Kier molecular flexibility index (Phi) is 5.50. The van der Waals surface area contributed by atoms with Gasteiger partial charge in [0.1, 0.15) is 0 Å². The molecule has 1 amide bonds. The minimum absolute atomic E-state index is 0.0149. The van der Waals surface area contributed by atoms with Gasteiger partial charge in [0.25, 0.3) is 0 Å². The van der Waals surface area contributed by atoms with Gasteiger partial charge in [0.15, 0.2) is 0 Å². The third kappa shape index (κ3) is 4.20. The number of thioether (sulfide) groups is 1.